The molecule has 0 atom stereocenters. The third-order valence-corrected chi connectivity index (χ3v) is 3.57. The van der Waals surface area contributed by atoms with Crippen LogP contribution in [-0.2, 0) is 11.2 Å². The van der Waals surface area contributed by atoms with E-state index >= 15 is 0 Å². The molecule has 0 spiro atoms. The number of amides is 1. The number of aliphatic hydroxyl groups is 1. The monoisotopic (exact) mass is 290 g/mol. The molecule has 1 amide bonds. The second-order valence-corrected chi connectivity index (χ2v) is 6.13. The Morgan fingerprint density at radius 1 is 1.35 bits per heavy atom. The van der Waals surface area contributed by atoms with Gasteiger partial charge in [0.25, 0.3) is 0 Å². The van der Waals surface area contributed by atoms with E-state index in [1.54, 1.807) is 13.8 Å². The minimum atomic E-state index is -0.896. The molecule has 106 valence electrons. The number of carbonyl (C=O) groups is 1. The molecule has 0 aliphatic carbocycles. The molecule has 2 rings (SSSR count). The molecule has 2 N–H and O–H groups in total. The normalized spacial score (nSPS) is 11.3. The van der Waals surface area contributed by atoms with E-state index in [1.165, 1.54) is 11.3 Å². The van der Waals surface area contributed by atoms with E-state index in [-0.39, 0.29) is 18.9 Å². The van der Waals surface area contributed by atoms with Gasteiger partial charge in [-0.2, -0.15) is 0 Å². The number of thiazole rings is 1. The number of benzene rings is 1. The Hall–Kier alpha value is -1.72. The number of nitrogens with zero attached hydrogens (tertiary/aromatic N) is 1. The van der Waals surface area contributed by atoms with Crippen molar-refractivity contribution >= 4 is 17.2 Å². The fraction of sp³-hybridized carbons (Fsp3) is 0.333. The summed E-state index contributed by atoms with van der Waals surface area (Å²) in [6.45, 7) is 3.55. The van der Waals surface area contributed by atoms with Crippen molar-refractivity contribution in [3.8, 4) is 10.6 Å². The quantitative estimate of drug-likeness (QED) is 0.887. The molecule has 0 unspecified atom stereocenters. The molecule has 0 radical (unpaired) electrons. The van der Waals surface area contributed by atoms with Gasteiger partial charge in [-0.05, 0) is 13.8 Å². The van der Waals surface area contributed by atoms with Crippen molar-refractivity contribution in [1.29, 1.82) is 0 Å². The van der Waals surface area contributed by atoms with Gasteiger partial charge in [0.1, 0.15) is 5.01 Å². The molecule has 0 aliphatic rings. The third kappa shape index (κ3) is 4.43. The van der Waals surface area contributed by atoms with Gasteiger partial charge in [-0.25, -0.2) is 4.98 Å². The minimum absolute atomic E-state index is 0.128. The molecule has 0 bridgehead atoms. The van der Waals surface area contributed by atoms with Crippen LogP contribution in [0.5, 0.6) is 0 Å². The molecule has 4 nitrogen and oxygen atoms in total. The van der Waals surface area contributed by atoms with Gasteiger partial charge in [0.2, 0.25) is 5.91 Å². The van der Waals surface area contributed by atoms with Crippen LogP contribution in [0.4, 0.5) is 0 Å². The molecule has 1 heterocycles. The highest BCUT2D eigenvalue weighted by Gasteiger charge is 2.15. The van der Waals surface area contributed by atoms with E-state index in [2.05, 4.69) is 10.3 Å². The first-order chi connectivity index (χ1) is 9.44. The molecule has 0 saturated heterocycles. The lowest BCUT2D eigenvalue weighted by Crippen LogP contribution is -2.38. The summed E-state index contributed by atoms with van der Waals surface area (Å²) in [6, 6.07) is 9.88. The Morgan fingerprint density at radius 2 is 2.05 bits per heavy atom. The Balaban J connectivity index is 1.95. The van der Waals surface area contributed by atoms with Crippen LogP contribution in [-0.4, -0.2) is 28.1 Å². The van der Waals surface area contributed by atoms with Gasteiger partial charge in [-0.3, -0.25) is 4.79 Å². The number of rotatable bonds is 5. The lowest BCUT2D eigenvalue weighted by molar-refractivity contribution is -0.121. The summed E-state index contributed by atoms with van der Waals surface area (Å²) >= 11 is 1.53. The summed E-state index contributed by atoms with van der Waals surface area (Å²) in [7, 11) is 0. The Morgan fingerprint density at radius 3 is 2.70 bits per heavy atom. The van der Waals surface area contributed by atoms with Gasteiger partial charge < -0.3 is 10.4 Å². The molecule has 0 fully saturated rings. The van der Waals surface area contributed by atoms with E-state index in [4.69, 9.17) is 0 Å². The van der Waals surface area contributed by atoms with Crippen LogP contribution in [0, 0.1) is 0 Å². The highest BCUT2D eigenvalue weighted by molar-refractivity contribution is 7.13. The second-order valence-electron chi connectivity index (χ2n) is 5.28. The SMILES string of the molecule is CC(C)(O)CNC(=O)Cc1csc(-c2ccccc2)n1. The third-order valence-electron chi connectivity index (χ3n) is 2.63. The molecule has 2 aromatic rings. The van der Waals surface area contributed by atoms with Crippen molar-refractivity contribution in [1.82, 2.24) is 10.3 Å². The van der Waals surface area contributed by atoms with Crippen LogP contribution in [0.3, 0.4) is 0 Å². The summed E-state index contributed by atoms with van der Waals surface area (Å²) in [5.41, 5.74) is 0.912. The smallest absolute Gasteiger partial charge is 0.226 e. The van der Waals surface area contributed by atoms with Crippen LogP contribution in [0.15, 0.2) is 35.7 Å². The van der Waals surface area contributed by atoms with Crippen molar-refractivity contribution in [2.75, 3.05) is 6.54 Å². The molecular weight excluding hydrogens is 272 g/mol. The Labute approximate surface area is 122 Å². The minimum Gasteiger partial charge on any atom is -0.389 e. The number of aromatic nitrogens is 1. The predicted molar refractivity (Wildman–Crippen MR) is 80.6 cm³/mol. The van der Waals surface area contributed by atoms with Crippen molar-refractivity contribution in [3.05, 3.63) is 41.4 Å². The van der Waals surface area contributed by atoms with E-state index in [0.29, 0.717) is 0 Å². The van der Waals surface area contributed by atoms with Crippen LogP contribution in [0.1, 0.15) is 19.5 Å². The molecule has 1 aromatic carbocycles. The Bertz CT molecular complexity index is 573. The first-order valence-electron chi connectivity index (χ1n) is 6.43. The maximum Gasteiger partial charge on any atom is 0.226 e. The lowest BCUT2D eigenvalue weighted by Gasteiger charge is -2.17. The summed E-state index contributed by atoms with van der Waals surface area (Å²) in [5.74, 6) is -0.128. The zero-order valence-corrected chi connectivity index (χ0v) is 12.4. The topological polar surface area (TPSA) is 62.2 Å². The first kappa shape index (κ1) is 14.7. The molecule has 5 heteroatoms. The fourth-order valence-electron chi connectivity index (χ4n) is 1.64. The number of nitrogens with one attached hydrogen (secondary N) is 1. The van der Waals surface area contributed by atoms with Crippen molar-refractivity contribution < 1.29 is 9.90 Å². The van der Waals surface area contributed by atoms with E-state index < -0.39 is 5.60 Å². The maximum absolute atomic E-state index is 11.7. The van der Waals surface area contributed by atoms with Gasteiger partial charge in [-0.1, -0.05) is 30.3 Å². The van der Waals surface area contributed by atoms with Crippen LogP contribution >= 0.6 is 11.3 Å². The van der Waals surface area contributed by atoms with E-state index in [0.717, 1.165) is 16.3 Å². The zero-order chi connectivity index (χ0) is 14.6. The molecule has 0 aliphatic heterocycles. The molecule has 1 aromatic heterocycles. The van der Waals surface area contributed by atoms with Gasteiger partial charge in [0, 0.05) is 17.5 Å². The number of hydrogen-bond donors (Lipinski definition) is 2. The largest absolute Gasteiger partial charge is 0.389 e. The number of carbonyl (C=O) groups excluding carboxylic acids is 1. The summed E-state index contributed by atoms with van der Waals surface area (Å²) in [6.07, 6.45) is 0.236. The molecule has 20 heavy (non-hydrogen) atoms. The summed E-state index contributed by atoms with van der Waals surface area (Å²) in [4.78, 5) is 16.2. The van der Waals surface area contributed by atoms with Crippen molar-refractivity contribution in [3.63, 3.8) is 0 Å². The standard InChI is InChI=1S/C15H18N2O2S/c1-15(2,19)10-16-13(18)8-12-9-20-14(17-12)11-6-4-3-5-7-11/h3-7,9,19H,8,10H2,1-2H3,(H,16,18). The van der Waals surface area contributed by atoms with Gasteiger partial charge in [0.05, 0.1) is 17.7 Å². The zero-order valence-electron chi connectivity index (χ0n) is 11.6. The van der Waals surface area contributed by atoms with Gasteiger partial charge >= 0.3 is 0 Å². The second kappa shape index (κ2) is 6.15. The Kier molecular flexibility index (Phi) is 4.52. The average molecular weight is 290 g/mol. The van der Waals surface area contributed by atoms with E-state index in [1.807, 2.05) is 35.7 Å². The van der Waals surface area contributed by atoms with Crippen LogP contribution in [0.2, 0.25) is 0 Å². The summed E-state index contributed by atoms with van der Waals surface area (Å²) < 4.78 is 0. The highest BCUT2D eigenvalue weighted by Crippen LogP contribution is 2.23. The molecular formula is C15H18N2O2S. The predicted octanol–water partition coefficient (Wildman–Crippen LogP) is 2.24. The highest BCUT2D eigenvalue weighted by atomic mass is 32.1. The number of hydrogen-bond acceptors (Lipinski definition) is 4. The average Bonchev–Trinajstić information content (AvgIpc) is 2.85. The lowest BCUT2D eigenvalue weighted by atomic mass is 10.1. The van der Waals surface area contributed by atoms with Crippen LogP contribution < -0.4 is 5.32 Å². The van der Waals surface area contributed by atoms with Crippen molar-refractivity contribution in [2.24, 2.45) is 0 Å². The summed E-state index contributed by atoms with van der Waals surface area (Å²) in [5, 5.41) is 15.1. The molecule has 0 saturated carbocycles. The first-order valence-corrected chi connectivity index (χ1v) is 7.31. The van der Waals surface area contributed by atoms with Gasteiger partial charge in [-0.15, -0.1) is 11.3 Å². The van der Waals surface area contributed by atoms with E-state index in [9.17, 15) is 9.90 Å². The fourth-order valence-corrected chi connectivity index (χ4v) is 2.47. The van der Waals surface area contributed by atoms with Crippen LogP contribution in [0.25, 0.3) is 10.6 Å². The van der Waals surface area contributed by atoms with Crippen molar-refractivity contribution in [2.45, 2.75) is 25.9 Å². The van der Waals surface area contributed by atoms with Gasteiger partial charge in [0.15, 0.2) is 0 Å². The maximum atomic E-state index is 11.7.